The van der Waals surface area contributed by atoms with E-state index in [1.807, 2.05) is 46.0 Å². The lowest BCUT2D eigenvalue weighted by Gasteiger charge is -2.36. The summed E-state index contributed by atoms with van der Waals surface area (Å²) >= 11 is 1.51. The summed E-state index contributed by atoms with van der Waals surface area (Å²) in [6, 6.07) is 12.4. The fourth-order valence-electron chi connectivity index (χ4n) is 4.27. The smallest absolute Gasteiger partial charge is 0.357 e. The maximum absolute atomic E-state index is 13.4. The molecule has 0 radical (unpaired) electrons. The molecule has 1 aliphatic rings. The monoisotopic (exact) mass is 464 g/mol. The van der Waals surface area contributed by atoms with Gasteiger partial charge in [-0.2, -0.15) is 11.3 Å². The van der Waals surface area contributed by atoms with E-state index >= 15 is 0 Å². The number of thiophene rings is 1. The largest absolute Gasteiger partial charge is 0.459 e. The van der Waals surface area contributed by atoms with Crippen molar-refractivity contribution in [1.29, 1.82) is 0 Å². The van der Waals surface area contributed by atoms with Crippen LogP contribution in [0.25, 0.3) is 10.9 Å². The highest BCUT2D eigenvalue weighted by molar-refractivity contribution is 7.07. The first kappa shape index (κ1) is 21.0. The van der Waals surface area contributed by atoms with Gasteiger partial charge < -0.3 is 14.2 Å². The van der Waals surface area contributed by atoms with Crippen molar-refractivity contribution < 1.29 is 14.1 Å². The summed E-state index contributed by atoms with van der Waals surface area (Å²) in [6.45, 7) is 1.72. The van der Waals surface area contributed by atoms with Gasteiger partial charge in [-0.25, -0.2) is 0 Å². The van der Waals surface area contributed by atoms with E-state index in [1.165, 1.54) is 22.2 Å². The van der Waals surface area contributed by atoms with E-state index < -0.39 is 16.2 Å². The number of hydrogen-bond donors (Lipinski definition) is 0. The van der Waals surface area contributed by atoms with Gasteiger partial charge in [0.15, 0.2) is 5.76 Å². The molecule has 0 unspecified atom stereocenters. The molecule has 5 rings (SSSR count). The van der Waals surface area contributed by atoms with E-state index in [2.05, 4.69) is 0 Å². The number of nitro groups is 1. The van der Waals surface area contributed by atoms with Gasteiger partial charge in [0.25, 0.3) is 5.91 Å². The third kappa shape index (κ3) is 3.78. The number of piperazine rings is 1. The Kier molecular flexibility index (Phi) is 5.43. The van der Waals surface area contributed by atoms with Gasteiger partial charge in [-0.15, -0.1) is 0 Å². The number of nitrogens with zero attached hydrogens (tertiary/aromatic N) is 4. The summed E-state index contributed by atoms with van der Waals surface area (Å²) in [7, 11) is 0. The zero-order valence-corrected chi connectivity index (χ0v) is 18.4. The van der Waals surface area contributed by atoms with Crippen molar-refractivity contribution in [2.24, 2.45) is 0 Å². The standard InChI is InChI=1S/C23H20N4O5S/c28-22(19-6-3-12-32-19)25-10-8-24(9-11-25)20-17-4-1-2-5-18(17)26(14-16-7-13-33-15-16)23(29)21(20)27(30)31/h1-7,12-13,15H,8-11,14H2. The molecule has 3 aromatic heterocycles. The van der Waals surface area contributed by atoms with Gasteiger partial charge in [0.2, 0.25) is 0 Å². The molecule has 1 aliphatic heterocycles. The van der Waals surface area contributed by atoms with E-state index in [0.717, 1.165) is 5.56 Å². The Labute approximate surface area is 192 Å². The van der Waals surface area contributed by atoms with Crippen molar-refractivity contribution in [2.45, 2.75) is 6.54 Å². The molecule has 4 heterocycles. The number of fused-ring (bicyclic) bond motifs is 1. The number of hydrogen-bond acceptors (Lipinski definition) is 7. The molecule has 0 saturated carbocycles. The maximum Gasteiger partial charge on any atom is 0.357 e. The highest BCUT2D eigenvalue weighted by Gasteiger charge is 2.32. The Hall–Kier alpha value is -3.92. The normalized spacial score (nSPS) is 14.1. The van der Waals surface area contributed by atoms with Crippen LogP contribution in [-0.4, -0.2) is 46.5 Å². The molecule has 4 aromatic rings. The third-order valence-electron chi connectivity index (χ3n) is 5.84. The molecule has 0 bridgehead atoms. The molecule has 1 aromatic carbocycles. The van der Waals surface area contributed by atoms with Crippen molar-refractivity contribution >= 4 is 39.5 Å². The minimum absolute atomic E-state index is 0.217. The molecule has 10 heteroatoms. The van der Waals surface area contributed by atoms with Crippen LogP contribution in [0, 0.1) is 10.1 Å². The first-order chi connectivity index (χ1) is 16.0. The minimum Gasteiger partial charge on any atom is -0.459 e. The summed E-state index contributed by atoms with van der Waals surface area (Å²) in [5, 5.41) is 16.6. The van der Waals surface area contributed by atoms with Crippen LogP contribution in [0.15, 0.2) is 68.7 Å². The van der Waals surface area contributed by atoms with Gasteiger partial charge in [0, 0.05) is 31.6 Å². The Morgan fingerprint density at radius 3 is 2.55 bits per heavy atom. The highest BCUT2D eigenvalue weighted by Crippen LogP contribution is 2.34. The molecule has 1 saturated heterocycles. The van der Waals surface area contributed by atoms with Gasteiger partial charge in [0.1, 0.15) is 5.69 Å². The molecule has 0 N–H and O–H groups in total. The molecule has 0 spiro atoms. The quantitative estimate of drug-likeness (QED) is 0.331. The number of aromatic nitrogens is 1. The maximum atomic E-state index is 13.4. The van der Waals surface area contributed by atoms with Crippen molar-refractivity contribution in [3.05, 3.63) is 91.3 Å². The second-order valence-corrected chi connectivity index (χ2v) is 8.53. The number of benzene rings is 1. The van der Waals surface area contributed by atoms with Crippen molar-refractivity contribution in [3.8, 4) is 0 Å². The van der Waals surface area contributed by atoms with E-state index in [4.69, 9.17) is 4.42 Å². The summed E-state index contributed by atoms with van der Waals surface area (Å²) < 4.78 is 6.67. The molecular formula is C23H20N4O5S. The van der Waals surface area contributed by atoms with Crippen LogP contribution < -0.4 is 10.5 Å². The molecule has 0 aliphatic carbocycles. The van der Waals surface area contributed by atoms with Gasteiger partial charge in [0.05, 0.1) is 23.2 Å². The lowest BCUT2D eigenvalue weighted by molar-refractivity contribution is -0.385. The average Bonchev–Trinajstić information content (AvgIpc) is 3.54. The van der Waals surface area contributed by atoms with Gasteiger partial charge in [-0.1, -0.05) is 18.2 Å². The van der Waals surface area contributed by atoms with Crippen LogP contribution in [0.2, 0.25) is 0 Å². The van der Waals surface area contributed by atoms with Gasteiger partial charge >= 0.3 is 11.2 Å². The molecule has 9 nitrogen and oxygen atoms in total. The second kappa shape index (κ2) is 8.55. The SMILES string of the molecule is O=C(c1ccco1)N1CCN(c2c([N+](=O)[O-])c(=O)n(Cc3ccsc3)c3ccccc23)CC1. The fourth-order valence-corrected chi connectivity index (χ4v) is 4.93. The van der Waals surface area contributed by atoms with Crippen LogP contribution in [0.5, 0.6) is 0 Å². The molecule has 1 fully saturated rings. The van der Waals surface area contributed by atoms with E-state index in [0.29, 0.717) is 42.8 Å². The summed E-state index contributed by atoms with van der Waals surface area (Å²) in [5.41, 5.74) is 0.804. The van der Waals surface area contributed by atoms with E-state index in [9.17, 15) is 19.7 Å². The Morgan fingerprint density at radius 2 is 1.88 bits per heavy atom. The van der Waals surface area contributed by atoms with E-state index in [1.54, 1.807) is 17.0 Å². The first-order valence-corrected chi connectivity index (χ1v) is 11.4. The highest BCUT2D eigenvalue weighted by atomic mass is 32.1. The number of carbonyl (C=O) groups excluding carboxylic acids is 1. The molecule has 1 amide bonds. The van der Waals surface area contributed by atoms with Crippen molar-refractivity contribution in [2.75, 3.05) is 31.1 Å². The molecule has 33 heavy (non-hydrogen) atoms. The van der Waals surface area contributed by atoms with Crippen LogP contribution in [-0.2, 0) is 6.54 Å². The van der Waals surface area contributed by atoms with Crippen LogP contribution in [0.1, 0.15) is 16.1 Å². The zero-order chi connectivity index (χ0) is 22.9. The van der Waals surface area contributed by atoms with Crippen molar-refractivity contribution in [3.63, 3.8) is 0 Å². The Morgan fingerprint density at radius 1 is 1.09 bits per heavy atom. The van der Waals surface area contributed by atoms with Crippen LogP contribution >= 0.6 is 11.3 Å². The number of anilines is 1. The Balaban J connectivity index is 1.55. The predicted molar refractivity (Wildman–Crippen MR) is 125 cm³/mol. The van der Waals surface area contributed by atoms with E-state index in [-0.39, 0.29) is 18.2 Å². The third-order valence-corrected chi connectivity index (χ3v) is 6.57. The van der Waals surface area contributed by atoms with Gasteiger partial charge in [-0.05, 0) is 40.6 Å². The number of amides is 1. The topological polar surface area (TPSA) is 102 Å². The summed E-state index contributed by atoms with van der Waals surface area (Å²) in [4.78, 5) is 41.0. The number of rotatable bonds is 5. The molecule has 168 valence electrons. The first-order valence-electron chi connectivity index (χ1n) is 10.4. The summed E-state index contributed by atoms with van der Waals surface area (Å²) in [5.74, 6) is 0.0427. The van der Waals surface area contributed by atoms with Crippen LogP contribution in [0.4, 0.5) is 11.4 Å². The van der Waals surface area contributed by atoms with Crippen molar-refractivity contribution in [1.82, 2.24) is 9.47 Å². The Bertz CT molecular complexity index is 1370. The number of para-hydroxylation sites is 1. The van der Waals surface area contributed by atoms with Gasteiger partial charge in [-0.3, -0.25) is 24.3 Å². The number of pyridine rings is 1. The zero-order valence-electron chi connectivity index (χ0n) is 17.5. The molecule has 0 atom stereocenters. The lowest BCUT2D eigenvalue weighted by atomic mass is 10.1. The lowest BCUT2D eigenvalue weighted by Crippen LogP contribution is -2.49. The summed E-state index contributed by atoms with van der Waals surface area (Å²) in [6.07, 6.45) is 1.45. The van der Waals surface area contributed by atoms with Crippen LogP contribution in [0.3, 0.4) is 0 Å². The average molecular weight is 465 g/mol. The number of furan rings is 1. The fraction of sp³-hybridized carbons (Fsp3) is 0.217. The number of carbonyl (C=O) groups is 1. The minimum atomic E-state index is -0.631. The predicted octanol–water partition coefficient (Wildman–Crippen LogP) is 3.57. The molecular weight excluding hydrogens is 444 g/mol. The second-order valence-electron chi connectivity index (χ2n) is 7.75.